The lowest BCUT2D eigenvalue weighted by atomic mass is 9.94. The summed E-state index contributed by atoms with van der Waals surface area (Å²) >= 11 is 0. The first-order valence-corrected chi connectivity index (χ1v) is 7.09. The van der Waals surface area contributed by atoms with Crippen molar-refractivity contribution in [2.75, 3.05) is 19.7 Å². The Morgan fingerprint density at radius 1 is 1.17 bits per heavy atom. The van der Waals surface area contributed by atoms with Crippen LogP contribution in [0.5, 0.6) is 0 Å². The van der Waals surface area contributed by atoms with Gasteiger partial charge in [0.15, 0.2) is 0 Å². The number of hydrogen-bond acceptors (Lipinski definition) is 3. The van der Waals surface area contributed by atoms with Crippen molar-refractivity contribution < 1.29 is 14.3 Å². The van der Waals surface area contributed by atoms with E-state index in [-0.39, 0.29) is 23.7 Å². The molecule has 0 aromatic carbocycles. The minimum absolute atomic E-state index is 0.0179. The molecular weight excluding hydrogens is 230 g/mol. The highest BCUT2D eigenvalue weighted by Gasteiger charge is 2.30. The number of ether oxygens (including phenoxy) is 1. The zero-order valence-electron chi connectivity index (χ0n) is 11.8. The Hall–Kier alpha value is -1.06. The van der Waals surface area contributed by atoms with Crippen molar-refractivity contribution >= 4 is 11.9 Å². The highest BCUT2D eigenvalue weighted by molar-refractivity contribution is 5.79. The Balaban J connectivity index is 2.43. The van der Waals surface area contributed by atoms with Crippen LogP contribution in [0.3, 0.4) is 0 Å². The molecule has 1 heterocycles. The van der Waals surface area contributed by atoms with Crippen LogP contribution in [0.25, 0.3) is 0 Å². The maximum Gasteiger partial charge on any atom is 0.309 e. The van der Waals surface area contributed by atoms with E-state index in [4.69, 9.17) is 4.74 Å². The second-order valence-electron chi connectivity index (χ2n) is 4.87. The number of likely N-dealkylation sites (tertiary alicyclic amines) is 1. The number of hydrogen-bond donors (Lipinski definition) is 0. The van der Waals surface area contributed by atoms with E-state index in [1.807, 2.05) is 11.8 Å². The molecule has 0 unspecified atom stereocenters. The second-order valence-corrected chi connectivity index (χ2v) is 4.87. The zero-order valence-corrected chi connectivity index (χ0v) is 11.8. The van der Waals surface area contributed by atoms with Crippen LogP contribution in [-0.4, -0.2) is 36.5 Å². The first-order valence-electron chi connectivity index (χ1n) is 7.09. The summed E-state index contributed by atoms with van der Waals surface area (Å²) in [5.74, 6) is 0.272. The van der Waals surface area contributed by atoms with Gasteiger partial charge >= 0.3 is 5.97 Å². The van der Waals surface area contributed by atoms with Gasteiger partial charge in [-0.2, -0.15) is 0 Å². The molecular formula is C14H25NO3. The highest BCUT2D eigenvalue weighted by Crippen LogP contribution is 2.21. The molecule has 1 aliphatic heterocycles. The van der Waals surface area contributed by atoms with E-state index in [1.165, 1.54) is 0 Å². The molecule has 0 N–H and O–H groups in total. The molecule has 1 fully saturated rings. The van der Waals surface area contributed by atoms with Crippen molar-refractivity contribution in [2.24, 2.45) is 11.8 Å². The molecule has 4 heteroatoms. The Morgan fingerprint density at radius 3 is 2.17 bits per heavy atom. The predicted octanol–water partition coefficient (Wildman–Crippen LogP) is 2.22. The molecule has 4 nitrogen and oxygen atoms in total. The molecule has 18 heavy (non-hydrogen) atoms. The SMILES string of the molecule is CCOC(=O)C1CCN(C(=O)C(CC)CC)CC1. The molecule has 0 aromatic rings. The number of nitrogens with zero attached hydrogens (tertiary/aromatic N) is 1. The third-order valence-electron chi connectivity index (χ3n) is 3.76. The van der Waals surface area contributed by atoms with E-state index in [0.717, 1.165) is 25.7 Å². The van der Waals surface area contributed by atoms with Gasteiger partial charge in [0.2, 0.25) is 5.91 Å². The standard InChI is InChI=1S/C14H25NO3/c1-4-11(5-2)13(16)15-9-7-12(8-10-15)14(17)18-6-3/h11-12H,4-10H2,1-3H3. The van der Waals surface area contributed by atoms with Crippen molar-refractivity contribution in [1.29, 1.82) is 0 Å². The lowest BCUT2D eigenvalue weighted by molar-refractivity contribution is -0.151. The third-order valence-corrected chi connectivity index (χ3v) is 3.76. The maximum absolute atomic E-state index is 12.2. The van der Waals surface area contributed by atoms with E-state index in [0.29, 0.717) is 19.7 Å². The van der Waals surface area contributed by atoms with Gasteiger partial charge in [-0.25, -0.2) is 0 Å². The van der Waals surface area contributed by atoms with Crippen LogP contribution in [0.15, 0.2) is 0 Å². The molecule has 104 valence electrons. The highest BCUT2D eigenvalue weighted by atomic mass is 16.5. The minimum Gasteiger partial charge on any atom is -0.466 e. The first-order chi connectivity index (χ1) is 8.63. The summed E-state index contributed by atoms with van der Waals surface area (Å²) in [6.45, 7) is 7.75. The van der Waals surface area contributed by atoms with Gasteiger partial charge in [0, 0.05) is 19.0 Å². The largest absolute Gasteiger partial charge is 0.466 e. The maximum atomic E-state index is 12.2. The van der Waals surface area contributed by atoms with E-state index in [9.17, 15) is 9.59 Å². The van der Waals surface area contributed by atoms with Crippen molar-refractivity contribution in [2.45, 2.75) is 46.5 Å². The topological polar surface area (TPSA) is 46.6 Å². The van der Waals surface area contributed by atoms with Gasteiger partial charge < -0.3 is 9.64 Å². The Kier molecular flexibility index (Phi) is 6.16. The van der Waals surface area contributed by atoms with Gasteiger partial charge in [-0.3, -0.25) is 9.59 Å². The lowest BCUT2D eigenvalue weighted by Gasteiger charge is -2.33. The number of carbonyl (C=O) groups is 2. The summed E-state index contributed by atoms with van der Waals surface area (Å²) in [5.41, 5.74) is 0. The Labute approximate surface area is 110 Å². The summed E-state index contributed by atoms with van der Waals surface area (Å²) in [5, 5.41) is 0. The van der Waals surface area contributed by atoms with E-state index < -0.39 is 0 Å². The molecule has 1 aliphatic rings. The quantitative estimate of drug-likeness (QED) is 0.708. The van der Waals surface area contributed by atoms with Crippen LogP contribution in [0, 0.1) is 11.8 Å². The molecule has 0 radical (unpaired) electrons. The van der Waals surface area contributed by atoms with E-state index in [2.05, 4.69) is 13.8 Å². The molecule has 1 rings (SSSR count). The fourth-order valence-corrected chi connectivity index (χ4v) is 2.49. The predicted molar refractivity (Wildman–Crippen MR) is 70.0 cm³/mol. The van der Waals surface area contributed by atoms with Gasteiger partial charge in [-0.05, 0) is 32.6 Å². The van der Waals surface area contributed by atoms with E-state index in [1.54, 1.807) is 0 Å². The number of carbonyl (C=O) groups excluding carboxylic acids is 2. The summed E-state index contributed by atoms with van der Waals surface area (Å²) in [7, 11) is 0. The Bertz CT molecular complexity index is 279. The first kappa shape index (κ1) is 15.0. The summed E-state index contributed by atoms with van der Waals surface area (Å²) in [6.07, 6.45) is 3.27. The molecule has 0 bridgehead atoms. The molecule has 0 atom stereocenters. The van der Waals surface area contributed by atoms with Crippen LogP contribution in [0.4, 0.5) is 0 Å². The second kappa shape index (κ2) is 7.39. The van der Waals surface area contributed by atoms with E-state index >= 15 is 0 Å². The monoisotopic (exact) mass is 255 g/mol. The molecule has 0 aliphatic carbocycles. The van der Waals surface area contributed by atoms with Crippen LogP contribution in [-0.2, 0) is 14.3 Å². The van der Waals surface area contributed by atoms with Crippen molar-refractivity contribution in [3.8, 4) is 0 Å². The molecule has 0 spiro atoms. The van der Waals surface area contributed by atoms with Crippen molar-refractivity contribution in [1.82, 2.24) is 4.90 Å². The molecule has 0 aromatic heterocycles. The minimum atomic E-state index is -0.105. The smallest absolute Gasteiger partial charge is 0.309 e. The molecule has 0 saturated carbocycles. The fraction of sp³-hybridized carbons (Fsp3) is 0.857. The molecule has 1 amide bonds. The summed E-state index contributed by atoms with van der Waals surface area (Å²) in [4.78, 5) is 25.7. The Morgan fingerprint density at radius 2 is 1.72 bits per heavy atom. The lowest BCUT2D eigenvalue weighted by Crippen LogP contribution is -2.43. The van der Waals surface area contributed by atoms with Crippen LogP contribution in [0.1, 0.15) is 46.5 Å². The zero-order chi connectivity index (χ0) is 13.5. The van der Waals surface area contributed by atoms with Gasteiger partial charge in [0.1, 0.15) is 0 Å². The van der Waals surface area contributed by atoms with Gasteiger partial charge in [0.05, 0.1) is 12.5 Å². The number of piperidine rings is 1. The van der Waals surface area contributed by atoms with Crippen LogP contribution < -0.4 is 0 Å². The number of rotatable bonds is 5. The number of esters is 1. The van der Waals surface area contributed by atoms with Crippen molar-refractivity contribution in [3.63, 3.8) is 0 Å². The van der Waals surface area contributed by atoms with Crippen LogP contribution in [0.2, 0.25) is 0 Å². The molecule has 1 saturated heterocycles. The fourth-order valence-electron chi connectivity index (χ4n) is 2.49. The van der Waals surface area contributed by atoms with Gasteiger partial charge in [0.25, 0.3) is 0 Å². The number of amides is 1. The normalized spacial score (nSPS) is 17.0. The average molecular weight is 255 g/mol. The summed E-state index contributed by atoms with van der Waals surface area (Å²) in [6, 6.07) is 0. The summed E-state index contributed by atoms with van der Waals surface area (Å²) < 4.78 is 5.02. The average Bonchev–Trinajstić information content (AvgIpc) is 2.40. The van der Waals surface area contributed by atoms with Gasteiger partial charge in [-0.1, -0.05) is 13.8 Å². The van der Waals surface area contributed by atoms with Gasteiger partial charge in [-0.15, -0.1) is 0 Å². The third kappa shape index (κ3) is 3.72. The van der Waals surface area contributed by atoms with Crippen LogP contribution >= 0.6 is 0 Å². The van der Waals surface area contributed by atoms with Crippen molar-refractivity contribution in [3.05, 3.63) is 0 Å².